The Labute approximate surface area is 126 Å². The van der Waals surface area contributed by atoms with Gasteiger partial charge in [0.2, 0.25) is 0 Å². The van der Waals surface area contributed by atoms with Crippen molar-refractivity contribution in [2.75, 3.05) is 13.7 Å². The van der Waals surface area contributed by atoms with E-state index in [1.54, 1.807) is 17.6 Å². The number of fused-ring (bicyclic) bond motifs is 1. The lowest BCUT2D eigenvalue weighted by Crippen LogP contribution is -2.38. The average molecular weight is 298 g/mol. The van der Waals surface area contributed by atoms with Gasteiger partial charge in [0, 0.05) is 23.7 Å². The van der Waals surface area contributed by atoms with E-state index in [4.69, 9.17) is 9.94 Å². The van der Waals surface area contributed by atoms with Crippen LogP contribution in [0, 0.1) is 5.92 Å². The highest BCUT2D eigenvalue weighted by Gasteiger charge is 2.24. The van der Waals surface area contributed by atoms with Crippen molar-refractivity contribution >= 4 is 19.4 Å². The second kappa shape index (κ2) is 6.97. The van der Waals surface area contributed by atoms with Gasteiger partial charge in [0.05, 0.1) is 0 Å². The quantitative estimate of drug-likeness (QED) is 0.645. The Morgan fingerprint density at radius 2 is 2.20 bits per heavy atom. The smallest absolute Gasteiger partial charge is 0.274 e. The number of rotatable bonds is 2. The minimum atomic E-state index is -0.524. The van der Waals surface area contributed by atoms with Gasteiger partial charge < -0.3 is 4.74 Å². The monoisotopic (exact) mass is 298 g/mol. The molecule has 20 heavy (non-hydrogen) atoms. The predicted molar refractivity (Wildman–Crippen MR) is 81.7 cm³/mol. The summed E-state index contributed by atoms with van der Waals surface area (Å²) in [7, 11) is 2.08. The molecule has 1 aromatic rings. The number of carbonyl (C=O) groups is 1. The van der Waals surface area contributed by atoms with Crippen LogP contribution < -0.4 is 10.2 Å². The third-order valence-electron chi connectivity index (χ3n) is 3.60. The maximum absolute atomic E-state index is 11.4. The number of carbonyl (C=O) groups excluding carboxylic acids is 1. The highest BCUT2D eigenvalue weighted by Crippen LogP contribution is 2.27. The van der Waals surface area contributed by atoms with Gasteiger partial charge in [0.15, 0.2) is 0 Å². The van der Waals surface area contributed by atoms with Gasteiger partial charge in [-0.3, -0.25) is 14.9 Å². The Morgan fingerprint density at radius 1 is 1.50 bits per heavy atom. The molecule has 2 N–H and O–H groups in total. The van der Waals surface area contributed by atoms with Gasteiger partial charge in [-0.05, 0) is 25.1 Å². The zero-order valence-corrected chi connectivity index (χ0v) is 13.0. The van der Waals surface area contributed by atoms with Crippen molar-refractivity contribution in [1.29, 1.82) is 0 Å². The SMILES string of the molecule is CC(C)[C@H]1COc2cc(C(=O)NO)ccc2CN1C.S. The summed E-state index contributed by atoms with van der Waals surface area (Å²) in [6.07, 6.45) is 0. The third-order valence-corrected chi connectivity index (χ3v) is 3.60. The molecule has 2 rings (SSSR count). The average Bonchev–Trinajstić information content (AvgIpc) is 2.55. The fourth-order valence-corrected chi connectivity index (χ4v) is 2.42. The molecule has 1 aliphatic rings. The second-order valence-corrected chi connectivity index (χ2v) is 5.30. The summed E-state index contributed by atoms with van der Waals surface area (Å²) in [5, 5.41) is 8.66. The summed E-state index contributed by atoms with van der Waals surface area (Å²) in [6.45, 7) is 5.74. The van der Waals surface area contributed by atoms with E-state index in [0.717, 1.165) is 17.9 Å². The number of ether oxygens (including phenoxy) is 1. The second-order valence-electron chi connectivity index (χ2n) is 5.30. The molecule has 1 aliphatic heterocycles. The molecule has 0 saturated carbocycles. The van der Waals surface area contributed by atoms with E-state index < -0.39 is 5.91 Å². The van der Waals surface area contributed by atoms with Crippen molar-refractivity contribution in [2.24, 2.45) is 5.92 Å². The van der Waals surface area contributed by atoms with Gasteiger partial charge in [0.25, 0.3) is 5.91 Å². The maximum atomic E-state index is 11.4. The fraction of sp³-hybridized carbons (Fsp3) is 0.500. The van der Waals surface area contributed by atoms with Crippen LogP contribution in [0.2, 0.25) is 0 Å². The molecule has 0 bridgehead atoms. The van der Waals surface area contributed by atoms with Crippen molar-refractivity contribution in [1.82, 2.24) is 10.4 Å². The molecule has 0 unspecified atom stereocenters. The molecule has 0 aromatic heterocycles. The Bertz CT molecular complexity index is 479. The number of likely N-dealkylation sites (N-methyl/N-ethyl adjacent to an activating group) is 1. The van der Waals surface area contributed by atoms with Crippen molar-refractivity contribution in [3.63, 3.8) is 0 Å². The third kappa shape index (κ3) is 3.45. The number of amides is 1. The van der Waals surface area contributed by atoms with Crippen molar-refractivity contribution in [3.8, 4) is 5.75 Å². The molecular weight excluding hydrogens is 276 g/mol. The predicted octanol–water partition coefficient (Wildman–Crippen LogP) is 1.77. The molecule has 5 nitrogen and oxygen atoms in total. The fourth-order valence-electron chi connectivity index (χ4n) is 2.42. The normalized spacial score (nSPS) is 18.6. The molecule has 1 atom stereocenters. The molecule has 1 amide bonds. The largest absolute Gasteiger partial charge is 0.492 e. The van der Waals surface area contributed by atoms with E-state index in [0.29, 0.717) is 24.1 Å². The van der Waals surface area contributed by atoms with Crippen LogP contribution in [0.1, 0.15) is 29.8 Å². The Hall–Kier alpha value is -1.24. The topological polar surface area (TPSA) is 61.8 Å². The van der Waals surface area contributed by atoms with Crippen molar-refractivity contribution in [3.05, 3.63) is 29.3 Å². The minimum absolute atomic E-state index is 0. The van der Waals surface area contributed by atoms with Gasteiger partial charge in [-0.1, -0.05) is 19.9 Å². The van der Waals surface area contributed by atoms with Gasteiger partial charge in [-0.15, -0.1) is 0 Å². The molecule has 0 radical (unpaired) electrons. The first-order valence-electron chi connectivity index (χ1n) is 6.43. The van der Waals surface area contributed by atoms with Crippen LogP contribution in [0.5, 0.6) is 5.75 Å². The van der Waals surface area contributed by atoms with Crippen LogP contribution in [0.15, 0.2) is 18.2 Å². The molecule has 0 aliphatic carbocycles. The van der Waals surface area contributed by atoms with E-state index >= 15 is 0 Å². The van der Waals surface area contributed by atoms with E-state index in [9.17, 15) is 4.79 Å². The molecule has 1 aromatic carbocycles. The Kier molecular flexibility index (Phi) is 5.86. The Balaban J connectivity index is 0.00000200. The van der Waals surface area contributed by atoms with Crippen LogP contribution in [0.4, 0.5) is 0 Å². The summed E-state index contributed by atoms with van der Waals surface area (Å²) < 4.78 is 5.82. The molecule has 0 fully saturated rings. The van der Waals surface area contributed by atoms with Crippen LogP contribution in [-0.4, -0.2) is 35.7 Å². The summed E-state index contributed by atoms with van der Waals surface area (Å²) in [5.74, 6) is 0.694. The van der Waals surface area contributed by atoms with Gasteiger partial charge in [-0.25, -0.2) is 5.48 Å². The highest BCUT2D eigenvalue weighted by atomic mass is 32.1. The molecule has 0 saturated heterocycles. The lowest BCUT2D eigenvalue weighted by Gasteiger charge is -2.27. The summed E-state index contributed by atoms with van der Waals surface area (Å²) in [5.41, 5.74) is 3.09. The molecule has 1 heterocycles. The van der Waals surface area contributed by atoms with E-state index in [1.165, 1.54) is 0 Å². The molecular formula is C14H22N2O3S. The summed E-state index contributed by atoms with van der Waals surface area (Å²) in [4.78, 5) is 13.7. The standard InChI is InChI=1S/C14H20N2O3.H2S/c1-9(2)12-8-19-13-6-10(14(17)15-18)4-5-11(13)7-16(12)3;/h4-6,9,12,18H,7-8H2,1-3H3,(H,15,17);1H2/t12-;/m1./s1. The summed E-state index contributed by atoms with van der Waals surface area (Å²) in [6, 6.07) is 5.59. The van der Waals surface area contributed by atoms with Crippen molar-refractivity contribution < 1.29 is 14.7 Å². The first-order valence-corrected chi connectivity index (χ1v) is 6.43. The first kappa shape index (κ1) is 16.8. The number of benzene rings is 1. The highest BCUT2D eigenvalue weighted by molar-refractivity contribution is 7.59. The number of hydroxylamine groups is 1. The lowest BCUT2D eigenvalue weighted by atomic mass is 10.0. The van der Waals surface area contributed by atoms with Crippen LogP contribution in [0.3, 0.4) is 0 Å². The zero-order valence-electron chi connectivity index (χ0n) is 12.0. The molecule has 0 spiro atoms. The zero-order chi connectivity index (χ0) is 14.0. The lowest BCUT2D eigenvalue weighted by molar-refractivity contribution is 0.0706. The van der Waals surface area contributed by atoms with Gasteiger partial charge in [0.1, 0.15) is 12.4 Å². The first-order chi connectivity index (χ1) is 9.02. The Morgan fingerprint density at radius 3 is 2.80 bits per heavy atom. The van der Waals surface area contributed by atoms with Gasteiger partial charge >= 0.3 is 0 Å². The van der Waals surface area contributed by atoms with Gasteiger partial charge in [-0.2, -0.15) is 13.5 Å². The number of nitrogens with zero attached hydrogens (tertiary/aromatic N) is 1. The van der Waals surface area contributed by atoms with E-state index in [-0.39, 0.29) is 13.5 Å². The minimum Gasteiger partial charge on any atom is -0.492 e. The number of hydrogen-bond acceptors (Lipinski definition) is 4. The van der Waals surface area contributed by atoms with E-state index in [2.05, 4.69) is 25.8 Å². The summed E-state index contributed by atoms with van der Waals surface area (Å²) >= 11 is 0. The number of nitrogens with one attached hydrogen (secondary N) is 1. The molecule has 6 heteroatoms. The van der Waals surface area contributed by atoms with Crippen LogP contribution in [0.25, 0.3) is 0 Å². The number of hydrogen-bond donors (Lipinski definition) is 2. The van der Waals surface area contributed by atoms with Crippen molar-refractivity contribution in [2.45, 2.75) is 26.4 Å². The van der Waals surface area contributed by atoms with Crippen LogP contribution >= 0.6 is 13.5 Å². The van der Waals surface area contributed by atoms with Crippen LogP contribution in [-0.2, 0) is 6.54 Å². The molecule has 112 valence electrons. The van der Waals surface area contributed by atoms with E-state index in [1.807, 2.05) is 6.07 Å². The maximum Gasteiger partial charge on any atom is 0.274 e.